The van der Waals surface area contributed by atoms with E-state index in [2.05, 4.69) is 5.32 Å². The number of benzene rings is 2. The predicted octanol–water partition coefficient (Wildman–Crippen LogP) is 1.05. The van der Waals surface area contributed by atoms with Gasteiger partial charge in [0, 0.05) is 45.3 Å². The van der Waals surface area contributed by atoms with Crippen molar-refractivity contribution in [1.82, 2.24) is 20.0 Å². The molecule has 4 rings (SSSR count). The van der Waals surface area contributed by atoms with Gasteiger partial charge in [0.25, 0.3) is 0 Å². The van der Waals surface area contributed by atoms with Crippen LogP contribution in [0.4, 0.5) is 0 Å². The molecule has 2 fully saturated rings. The molecule has 10 nitrogen and oxygen atoms in total. The van der Waals surface area contributed by atoms with E-state index in [0.717, 1.165) is 17.5 Å². The van der Waals surface area contributed by atoms with Gasteiger partial charge in [-0.3, -0.25) is 19.2 Å². The number of rotatable bonds is 11. The summed E-state index contributed by atoms with van der Waals surface area (Å²) >= 11 is 0. The van der Waals surface area contributed by atoms with E-state index in [4.69, 9.17) is 0 Å². The molecule has 0 aromatic heterocycles. The van der Waals surface area contributed by atoms with Crippen LogP contribution in [0.3, 0.4) is 0 Å². The Kier molecular flexibility index (Phi) is 8.83. The van der Waals surface area contributed by atoms with Crippen molar-refractivity contribution in [1.29, 1.82) is 0 Å². The summed E-state index contributed by atoms with van der Waals surface area (Å²) in [5.74, 6) is -1.75. The number of hydrogen-bond acceptors (Lipinski definition) is 6. The lowest BCUT2D eigenvalue weighted by molar-refractivity contribution is -0.156. The molecule has 1 atom stereocenters. The number of phenolic OH excluding ortho intramolecular Hbond substituents is 2. The Bertz CT molecular complexity index is 1150. The quantitative estimate of drug-likeness (QED) is 0.299. The molecule has 0 saturated carbocycles. The lowest BCUT2D eigenvalue weighted by atomic mass is 10.0. The number of aromatic hydroxyl groups is 2. The zero-order chi connectivity index (χ0) is 27.1. The van der Waals surface area contributed by atoms with E-state index in [9.17, 15) is 29.4 Å². The second-order valence-corrected chi connectivity index (χ2v) is 9.78. The van der Waals surface area contributed by atoms with Crippen molar-refractivity contribution < 1.29 is 29.4 Å². The van der Waals surface area contributed by atoms with Crippen molar-refractivity contribution in [3.05, 3.63) is 59.7 Å². The Morgan fingerprint density at radius 2 is 1.21 bits per heavy atom. The van der Waals surface area contributed by atoms with E-state index in [1.807, 2.05) is 0 Å². The van der Waals surface area contributed by atoms with Gasteiger partial charge in [0.05, 0.1) is 0 Å². The van der Waals surface area contributed by atoms with Crippen molar-refractivity contribution in [3.63, 3.8) is 0 Å². The van der Waals surface area contributed by atoms with Gasteiger partial charge < -0.3 is 30.2 Å². The molecular weight excluding hydrogens is 488 g/mol. The molecule has 0 bridgehead atoms. The number of nitrogens with zero attached hydrogens (tertiary/aromatic N) is 3. The number of phenols is 2. The van der Waals surface area contributed by atoms with Crippen molar-refractivity contribution in [3.8, 4) is 11.5 Å². The molecule has 0 radical (unpaired) electrons. The van der Waals surface area contributed by atoms with Crippen LogP contribution in [0.2, 0.25) is 0 Å². The van der Waals surface area contributed by atoms with Crippen molar-refractivity contribution in [2.24, 2.45) is 0 Å². The first kappa shape index (κ1) is 27.0. The van der Waals surface area contributed by atoms with Gasteiger partial charge in [-0.25, -0.2) is 0 Å². The highest BCUT2D eigenvalue weighted by Crippen LogP contribution is 2.17. The van der Waals surface area contributed by atoms with Crippen LogP contribution in [0, 0.1) is 0 Å². The molecule has 2 aliphatic rings. The average Bonchev–Trinajstić information content (AvgIpc) is 2.91. The summed E-state index contributed by atoms with van der Waals surface area (Å²) in [6.07, 6.45) is 3.29. The molecule has 2 aromatic carbocycles. The van der Waals surface area contributed by atoms with E-state index < -0.39 is 23.6 Å². The van der Waals surface area contributed by atoms with Gasteiger partial charge in [-0.2, -0.15) is 0 Å². The fourth-order valence-corrected chi connectivity index (χ4v) is 4.90. The summed E-state index contributed by atoms with van der Waals surface area (Å²) in [5, 5.41) is 21.5. The predicted molar refractivity (Wildman–Crippen MR) is 139 cm³/mol. The minimum atomic E-state index is -0.598. The fourth-order valence-electron chi connectivity index (χ4n) is 4.90. The Labute approximate surface area is 221 Å². The van der Waals surface area contributed by atoms with E-state index in [1.54, 1.807) is 63.2 Å². The first-order valence-corrected chi connectivity index (χ1v) is 13.0. The highest BCUT2D eigenvalue weighted by molar-refractivity contribution is 6.36. The average molecular weight is 523 g/mol. The maximum Gasteiger partial charge on any atom is 0.312 e. The Morgan fingerprint density at radius 3 is 1.79 bits per heavy atom. The van der Waals surface area contributed by atoms with Crippen LogP contribution >= 0.6 is 0 Å². The normalized spacial score (nSPS) is 18.2. The van der Waals surface area contributed by atoms with Crippen LogP contribution in [0.5, 0.6) is 11.5 Å². The number of carbonyl (C=O) groups excluding carboxylic acids is 4. The fraction of sp³-hybridized carbons (Fsp3) is 0.429. The minimum Gasteiger partial charge on any atom is -0.508 e. The van der Waals surface area contributed by atoms with Gasteiger partial charge in [-0.1, -0.05) is 24.3 Å². The van der Waals surface area contributed by atoms with Crippen LogP contribution in [-0.4, -0.2) is 93.9 Å². The molecule has 10 heteroatoms. The van der Waals surface area contributed by atoms with Gasteiger partial charge in [0.2, 0.25) is 0 Å². The van der Waals surface area contributed by atoms with Crippen LogP contribution in [0.1, 0.15) is 30.4 Å². The summed E-state index contributed by atoms with van der Waals surface area (Å²) in [6.45, 7) is 2.67. The van der Waals surface area contributed by atoms with Gasteiger partial charge >= 0.3 is 23.6 Å². The highest BCUT2D eigenvalue weighted by atomic mass is 16.3. The first-order chi connectivity index (χ1) is 18.3. The van der Waals surface area contributed by atoms with Crippen molar-refractivity contribution in [2.75, 3.05) is 39.3 Å². The van der Waals surface area contributed by atoms with Crippen LogP contribution in [0.15, 0.2) is 48.5 Å². The van der Waals surface area contributed by atoms with Crippen LogP contribution < -0.4 is 5.32 Å². The molecule has 38 heavy (non-hydrogen) atoms. The third-order valence-electron chi connectivity index (χ3n) is 7.19. The maximum absolute atomic E-state index is 12.6. The number of carbonyl (C=O) groups is 4. The third kappa shape index (κ3) is 6.81. The lowest BCUT2D eigenvalue weighted by Gasteiger charge is -2.36. The largest absolute Gasteiger partial charge is 0.508 e. The second kappa shape index (κ2) is 12.4. The zero-order valence-corrected chi connectivity index (χ0v) is 21.3. The molecule has 202 valence electrons. The van der Waals surface area contributed by atoms with Crippen molar-refractivity contribution in [2.45, 2.75) is 38.1 Å². The number of piperazine rings is 2. The summed E-state index contributed by atoms with van der Waals surface area (Å²) in [4.78, 5) is 54.5. The van der Waals surface area contributed by atoms with E-state index in [-0.39, 0.29) is 17.5 Å². The first-order valence-electron chi connectivity index (χ1n) is 13.0. The smallest absolute Gasteiger partial charge is 0.312 e. The summed E-state index contributed by atoms with van der Waals surface area (Å²) in [5.41, 5.74) is 1.95. The molecular formula is C28H34N4O6. The molecule has 0 spiro atoms. The number of unbranched alkanes of at least 4 members (excludes halogenated alkanes) is 1. The molecule has 0 aliphatic carbocycles. The highest BCUT2D eigenvalue weighted by Gasteiger charge is 2.34. The lowest BCUT2D eigenvalue weighted by Crippen LogP contribution is -2.58. The monoisotopic (exact) mass is 522 g/mol. The maximum atomic E-state index is 12.6. The summed E-state index contributed by atoms with van der Waals surface area (Å²) in [7, 11) is 0. The molecule has 2 saturated heterocycles. The molecule has 3 N–H and O–H groups in total. The topological polar surface area (TPSA) is 130 Å². The SMILES string of the molecule is O=C1NC[C@H](CCCCN2CCN(CCc3ccc(O)cc3)C(=O)C2=O)N(CCc2ccc(O)cc2)C1=O. The van der Waals surface area contributed by atoms with Gasteiger partial charge in [0.1, 0.15) is 11.5 Å². The summed E-state index contributed by atoms with van der Waals surface area (Å²) in [6, 6.07) is 13.5. The standard InChI is InChI=1S/C28H34N4O6/c33-23-8-4-20(5-9-23)12-15-31-18-17-30(27(37)28(31)38)14-2-1-3-22-19-29-25(35)26(36)32(22)16-13-21-6-10-24(34)11-7-21/h4-11,22,33-34H,1-3,12-19H2,(H,29,35)/t22-/m0/s1. The van der Waals surface area contributed by atoms with E-state index in [1.165, 1.54) is 0 Å². The van der Waals surface area contributed by atoms with Crippen molar-refractivity contribution >= 4 is 23.6 Å². The Morgan fingerprint density at radius 1 is 0.684 bits per heavy atom. The molecule has 2 aromatic rings. The van der Waals surface area contributed by atoms with Gasteiger partial charge in [-0.15, -0.1) is 0 Å². The Hall–Kier alpha value is -4.08. The van der Waals surface area contributed by atoms with Gasteiger partial charge in [-0.05, 0) is 67.5 Å². The van der Waals surface area contributed by atoms with Gasteiger partial charge in [0.15, 0.2) is 0 Å². The number of amides is 4. The zero-order valence-electron chi connectivity index (χ0n) is 21.3. The minimum absolute atomic E-state index is 0.133. The number of nitrogens with one attached hydrogen (secondary N) is 1. The molecule has 2 aliphatic heterocycles. The summed E-state index contributed by atoms with van der Waals surface area (Å²) < 4.78 is 0. The molecule has 2 heterocycles. The molecule has 4 amide bonds. The molecule has 0 unspecified atom stereocenters. The van der Waals surface area contributed by atoms with E-state index in [0.29, 0.717) is 65.0 Å². The van der Waals surface area contributed by atoms with Crippen LogP contribution in [0.25, 0.3) is 0 Å². The number of hydrogen-bond donors (Lipinski definition) is 3. The third-order valence-corrected chi connectivity index (χ3v) is 7.19. The van der Waals surface area contributed by atoms with E-state index >= 15 is 0 Å². The second-order valence-electron chi connectivity index (χ2n) is 9.78. The Balaban J connectivity index is 1.21. The van der Waals surface area contributed by atoms with Crippen LogP contribution in [-0.2, 0) is 32.0 Å².